The Morgan fingerprint density at radius 2 is 2.14 bits per heavy atom. The SMILES string of the molecule is CCOC[C@@H]1CCC2(CCN(Cc3nc(C)cs3)CC2)N1C. The molecule has 1 atom stereocenters. The largest absolute Gasteiger partial charge is 0.380 e. The number of likely N-dealkylation sites (tertiary alicyclic amines) is 2. The summed E-state index contributed by atoms with van der Waals surface area (Å²) in [6.07, 6.45) is 5.21. The van der Waals surface area contributed by atoms with Crippen LogP contribution in [0.5, 0.6) is 0 Å². The van der Waals surface area contributed by atoms with Crippen molar-refractivity contribution in [3.8, 4) is 0 Å². The van der Waals surface area contributed by atoms with E-state index in [1.54, 1.807) is 11.3 Å². The highest BCUT2D eigenvalue weighted by molar-refractivity contribution is 7.09. The van der Waals surface area contributed by atoms with E-state index in [1.807, 2.05) is 0 Å². The summed E-state index contributed by atoms with van der Waals surface area (Å²) in [7, 11) is 2.32. The van der Waals surface area contributed by atoms with E-state index in [4.69, 9.17) is 4.74 Å². The summed E-state index contributed by atoms with van der Waals surface area (Å²) in [5.41, 5.74) is 1.58. The number of ether oxygens (including phenoxy) is 1. The smallest absolute Gasteiger partial charge is 0.107 e. The van der Waals surface area contributed by atoms with Crippen LogP contribution in [0.25, 0.3) is 0 Å². The van der Waals surface area contributed by atoms with Crippen molar-refractivity contribution in [2.24, 2.45) is 0 Å². The van der Waals surface area contributed by atoms with E-state index in [9.17, 15) is 0 Å². The van der Waals surface area contributed by atoms with Crippen LogP contribution >= 0.6 is 11.3 Å². The zero-order valence-electron chi connectivity index (χ0n) is 14.2. The Labute approximate surface area is 138 Å². The first-order valence-corrected chi connectivity index (χ1v) is 9.45. The molecule has 124 valence electrons. The molecule has 0 aliphatic carbocycles. The van der Waals surface area contributed by atoms with Crippen molar-refractivity contribution in [2.45, 2.75) is 57.7 Å². The summed E-state index contributed by atoms with van der Waals surface area (Å²) in [4.78, 5) is 9.81. The van der Waals surface area contributed by atoms with Crippen molar-refractivity contribution < 1.29 is 4.74 Å². The third-order valence-electron chi connectivity index (χ3n) is 5.57. The van der Waals surface area contributed by atoms with Crippen LogP contribution in [0.15, 0.2) is 5.38 Å². The van der Waals surface area contributed by atoms with Crippen molar-refractivity contribution in [1.29, 1.82) is 0 Å². The molecule has 3 rings (SSSR count). The summed E-state index contributed by atoms with van der Waals surface area (Å²) in [5.74, 6) is 0. The molecule has 3 heterocycles. The molecule has 2 saturated heterocycles. The first-order chi connectivity index (χ1) is 10.6. The van der Waals surface area contributed by atoms with Gasteiger partial charge in [0.1, 0.15) is 5.01 Å². The number of likely N-dealkylation sites (N-methyl/N-ethyl adjacent to an activating group) is 1. The molecule has 1 aromatic heterocycles. The van der Waals surface area contributed by atoms with Crippen LogP contribution < -0.4 is 0 Å². The molecule has 0 saturated carbocycles. The molecule has 2 fully saturated rings. The lowest BCUT2D eigenvalue weighted by atomic mass is 9.85. The van der Waals surface area contributed by atoms with E-state index in [0.717, 1.165) is 25.5 Å². The second kappa shape index (κ2) is 6.95. The monoisotopic (exact) mass is 323 g/mol. The molecule has 1 spiro atoms. The van der Waals surface area contributed by atoms with Gasteiger partial charge in [-0.2, -0.15) is 0 Å². The van der Waals surface area contributed by atoms with Gasteiger partial charge < -0.3 is 4.74 Å². The number of hydrogen-bond acceptors (Lipinski definition) is 5. The second-order valence-electron chi connectivity index (χ2n) is 6.85. The van der Waals surface area contributed by atoms with E-state index in [2.05, 4.69) is 41.1 Å². The third-order valence-corrected chi connectivity index (χ3v) is 6.52. The highest BCUT2D eigenvalue weighted by Crippen LogP contribution is 2.40. The summed E-state index contributed by atoms with van der Waals surface area (Å²) < 4.78 is 5.67. The molecule has 0 radical (unpaired) electrons. The van der Waals surface area contributed by atoms with Crippen LogP contribution in [0.4, 0.5) is 0 Å². The van der Waals surface area contributed by atoms with Crippen LogP contribution in [0.2, 0.25) is 0 Å². The highest BCUT2D eigenvalue weighted by atomic mass is 32.1. The molecule has 0 bridgehead atoms. The average molecular weight is 324 g/mol. The topological polar surface area (TPSA) is 28.6 Å². The van der Waals surface area contributed by atoms with Gasteiger partial charge >= 0.3 is 0 Å². The van der Waals surface area contributed by atoms with E-state index in [0.29, 0.717) is 11.6 Å². The normalized spacial score (nSPS) is 26.0. The maximum Gasteiger partial charge on any atom is 0.107 e. The molecule has 0 amide bonds. The minimum atomic E-state index is 0.428. The number of nitrogens with zero attached hydrogens (tertiary/aromatic N) is 3. The standard InChI is InChI=1S/C17H29N3OS/c1-4-21-12-15-5-6-17(19(15)3)7-9-20(10-8-17)11-16-18-14(2)13-22-16/h13,15H,4-12H2,1-3H3/t15-/m0/s1. The van der Waals surface area contributed by atoms with Crippen LogP contribution in [0.1, 0.15) is 43.3 Å². The van der Waals surface area contributed by atoms with Gasteiger partial charge in [0, 0.05) is 42.4 Å². The van der Waals surface area contributed by atoms with Crippen molar-refractivity contribution >= 4 is 11.3 Å². The van der Waals surface area contributed by atoms with Crippen molar-refractivity contribution in [3.63, 3.8) is 0 Å². The number of rotatable bonds is 5. The molecule has 22 heavy (non-hydrogen) atoms. The van der Waals surface area contributed by atoms with Crippen molar-refractivity contribution in [2.75, 3.05) is 33.4 Å². The van der Waals surface area contributed by atoms with Crippen LogP contribution in [0.3, 0.4) is 0 Å². The number of thiazole rings is 1. The first kappa shape index (κ1) is 16.4. The quantitative estimate of drug-likeness (QED) is 0.833. The Bertz CT molecular complexity index is 482. The van der Waals surface area contributed by atoms with Crippen LogP contribution in [0, 0.1) is 6.92 Å². The molecule has 0 N–H and O–H groups in total. The fourth-order valence-corrected chi connectivity index (χ4v) is 4.85. The summed E-state index contributed by atoms with van der Waals surface area (Å²) in [6.45, 7) is 9.32. The molecule has 2 aliphatic rings. The molecule has 2 aliphatic heterocycles. The van der Waals surface area contributed by atoms with E-state index < -0.39 is 0 Å². The summed E-state index contributed by atoms with van der Waals surface area (Å²) >= 11 is 1.80. The molecule has 5 heteroatoms. The van der Waals surface area contributed by atoms with Crippen molar-refractivity contribution in [3.05, 3.63) is 16.1 Å². The molecule has 0 unspecified atom stereocenters. The van der Waals surface area contributed by atoms with Gasteiger partial charge in [0.05, 0.1) is 13.2 Å². The third kappa shape index (κ3) is 3.37. The maximum absolute atomic E-state index is 5.67. The second-order valence-corrected chi connectivity index (χ2v) is 7.79. The molecule has 0 aromatic carbocycles. The van der Waals surface area contributed by atoms with Crippen LogP contribution in [-0.2, 0) is 11.3 Å². The minimum Gasteiger partial charge on any atom is -0.380 e. The lowest BCUT2D eigenvalue weighted by molar-refractivity contribution is 0.0205. The number of hydrogen-bond donors (Lipinski definition) is 0. The van der Waals surface area contributed by atoms with Gasteiger partial charge in [0.2, 0.25) is 0 Å². The van der Waals surface area contributed by atoms with Gasteiger partial charge in [-0.15, -0.1) is 11.3 Å². The Hall–Kier alpha value is -0.490. The van der Waals surface area contributed by atoms with Gasteiger partial charge in [-0.3, -0.25) is 9.80 Å². The fourth-order valence-electron chi connectivity index (χ4n) is 4.04. The summed E-state index contributed by atoms with van der Waals surface area (Å²) in [5, 5.41) is 3.42. The number of aryl methyl sites for hydroxylation is 1. The van der Waals surface area contributed by atoms with E-state index >= 15 is 0 Å². The Morgan fingerprint density at radius 3 is 2.77 bits per heavy atom. The lowest BCUT2D eigenvalue weighted by Gasteiger charge is -2.45. The molecular weight excluding hydrogens is 294 g/mol. The molecular formula is C17H29N3OS. The average Bonchev–Trinajstić information content (AvgIpc) is 3.05. The van der Waals surface area contributed by atoms with Gasteiger partial charge in [-0.05, 0) is 46.6 Å². The van der Waals surface area contributed by atoms with E-state index in [-0.39, 0.29) is 0 Å². The Kier molecular flexibility index (Phi) is 5.17. The lowest BCUT2D eigenvalue weighted by Crippen LogP contribution is -2.52. The molecule has 1 aromatic rings. The van der Waals surface area contributed by atoms with Crippen LogP contribution in [-0.4, -0.2) is 59.7 Å². The first-order valence-electron chi connectivity index (χ1n) is 8.57. The summed E-state index contributed by atoms with van der Waals surface area (Å²) in [6, 6.07) is 0.619. The number of aromatic nitrogens is 1. The molecule has 4 nitrogen and oxygen atoms in total. The minimum absolute atomic E-state index is 0.428. The van der Waals surface area contributed by atoms with Gasteiger partial charge in [-0.1, -0.05) is 0 Å². The zero-order chi connectivity index (χ0) is 15.6. The Balaban J connectivity index is 1.52. The Morgan fingerprint density at radius 1 is 1.36 bits per heavy atom. The predicted molar refractivity (Wildman–Crippen MR) is 91.4 cm³/mol. The predicted octanol–water partition coefficient (Wildman–Crippen LogP) is 2.92. The maximum atomic E-state index is 5.67. The highest BCUT2D eigenvalue weighted by Gasteiger charge is 2.45. The van der Waals surface area contributed by atoms with Gasteiger partial charge in [-0.25, -0.2) is 4.98 Å². The number of piperidine rings is 1. The van der Waals surface area contributed by atoms with Crippen molar-refractivity contribution in [1.82, 2.24) is 14.8 Å². The van der Waals surface area contributed by atoms with Gasteiger partial charge in [0.25, 0.3) is 0 Å². The van der Waals surface area contributed by atoms with Gasteiger partial charge in [0.15, 0.2) is 0 Å². The zero-order valence-corrected chi connectivity index (χ0v) is 15.0. The van der Waals surface area contributed by atoms with E-state index in [1.165, 1.54) is 43.8 Å². The fraction of sp³-hybridized carbons (Fsp3) is 0.824.